The molecule has 0 spiro atoms. The molecule has 29 heavy (non-hydrogen) atoms. The van der Waals surface area contributed by atoms with Gasteiger partial charge in [0.05, 0.1) is 11.4 Å². The van der Waals surface area contributed by atoms with Gasteiger partial charge in [0.1, 0.15) is 0 Å². The van der Waals surface area contributed by atoms with Crippen LogP contribution >= 0.6 is 11.8 Å². The number of rotatable bonds is 7. The van der Waals surface area contributed by atoms with Crippen LogP contribution in [0.3, 0.4) is 0 Å². The lowest BCUT2D eigenvalue weighted by Crippen LogP contribution is -2.25. The summed E-state index contributed by atoms with van der Waals surface area (Å²) in [7, 11) is 0. The van der Waals surface area contributed by atoms with Crippen LogP contribution in [-0.2, 0) is 0 Å². The third-order valence-electron chi connectivity index (χ3n) is 4.84. The number of fused-ring (bicyclic) bond motifs is 1. The summed E-state index contributed by atoms with van der Waals surface area (Å²) in [5.41, 5.74) is 4.61. The molecule has 0 aliphatic carbocycles. The zero-order valence-corrected chi connectivity index (χ0v) is 17.1. The van der Waals surface area contributed by atoms with Gasteiger partial charge in [0.15, 0.2) is 0 Å². The molecule has 0 aliphatic heterocycles. The fraction of sp³-hybridized carbons (Fsp3) is 0.167. The molecule has 4 nitrogen and oxygen atoms in total. The largest absolute Gasteiger partial charge is 0.351 e. The highest BCUT2D eigenvalue weighted by Crippen LogP contribution is 2.29. The molecule has 4 rings (SSSR count). The molecule has 0 aliphatic rings. The molecule has 2 N–H and O–H groups in total. The molecule has 0 atom stereocenters. The molecule has 0 radical (unpaired) electrons. The van der Waals surface area contributed by atoms with Crippen LogP contribution in [0.25, 0.3) is 33.3 Å². The molecule has 0 unspecified atom stereocenters. The Kier molecular flexibility index (Phi) is 5.96. The van der Waals surface area contributed by atoms with Gasteiger partial charge >= 0.3 is 0 Å². The zero-order valence-electron chi connectivity index (χ0n) is 16.3. The Labute approximate surface area is 174 Å². The molecular formula is C24H23N3OS. The zero-order chi connectivity index (χ0) is 20.1. The summed E-state index contributed by atoms with van der Waals surface area (Å²) < 4.78 is 0. The number of nitrogens with one attached hydrogen (secondary N) is 2. The number of amides is 1. The van der Waals surface area contributed by atoms with Crippen LogP contribution in [0.2, 0.25) is 0 Å². The van der Waals surface area contributed by atoms with Crippen molar-refractivity contribution in [3.63, 3.8) is 0 Å². The minimum Gasteiger partial charge on any atom is -0.351 e. The molecule has 146 valence electrons. The summed E-state index contributed by atoms with van der Waals surface area (Å²) in [6.07, 6.45) is 0. The van der Waals surface area contributed by atoms with Gasteiger partial charge in [0, 0.05) is 29.0 Å². The van der Waals surface area contributed by atoms with E-state index in [0.29, 0.717) is 12.1 Å². The number of aromatic nitrogens is 2. The average molecular weight is 402 g/mol. The summed E-state index contributed by atoms with van der Waals surface area (Å²) in [6, 6.07) is 24.2. The van der Waals surface area contributed by atoms with E-state index in [1.165, 1.54) is 10.8 Å². The molecule has 0 saturated heterocycles. The van der Waals surface area contributed by atoms with Crippen molar-refractivity contribution in [2.75, 3.05) is 18.1 Å². The first-order chi connectivity index (χ1) is 14.3. The highest BCUT2D eigenvalue weighted by Gasteiger charge is 2.10. The fourth-order valence-electron chi connectivity index (χ4n) is 3.34. The predicted molar refractivity (Wildman–Crippen MR) is 122 cm³/mol. The maximum Gasteiger partial charge on any atom is 0.251 e. The Morgan fingerprint density at radius 3 is 2.66 bits per heavy atom. The van der Waals surface area contributed by atoms with E-state index in [4.69, 9.17) is 0 Å². The lowest BCUT2D eigenvalue weighted by Gasteiger charge is -2.05. The Morgan fingerprint density at radius 1 is 1.03 bits per heavy atom. The SMILES string of the molecule is CCSCCNC(=O)c1ccc(-c2cc(-c3cccc4ccccc34)[nH]n2)cc1. The molecule has 1 amide bonds. The number of hydrogen-bond acceptors (Lipinski definition) is 3. The number of hydrogen-bond donors (Lipinski definition) is 2. The first-order valence-electron chi connectivity index (χ1n) is 9.76. The smallest absolute Gasteiger partial charge is 0.251 e. The van der Waals surface area contributed by atoms with Crippen LogP contribution in [0.15, 0.2) is 72.8 Å². The van der Waals surface area contributed by atoms with E-state index in [0.717, 1.165) is 34.0 Å². The van der Waals surface area contributed by atoms with Crippen LogP contribution in [-0.4, -0.2) is 34.2 Å². The Bertz CT molecular complexity index is 1110. The van der Waals surface area contributed by atoms with Crippen molar-refractivity contribution >= 4 is 28.4 Å². The van der Waals surface area contributed by atoms with Crippen molar-refractivity contribution < 1.29 is 4.79 Å². The van der Waals surface area contributed by atoms with Gasteiger partial charge in [-0.2, -0.15) is 16.9 Å². The topological polar surface area (TPSA) is 57.8 Å². The van der Waals surface area contributed by atoms with Crippen molar-refractivity contribution in [3.05, 3.63) is 78.4 Å². The molecule has 3 aromatic carbocycles. The van der Waals surface area contributed by atoms with E-state index in [-0.39, 0.29) is 5.91 Å². The molecule has 5 heteroatoms. The second-order valence-corrected chi connectivity index (χ2v) is 8.12. The van der Waals surface area contributed by atoms with Gasteiger partial charge in [-0.25, -0.2) is 0 Å². The predicted octanol–water partition coefficient (Wildman–Crippen LogP) is 5.38. The van der Waals surface area contributed by atoms with E-state index in [9.17, 15) is 4.79 Å². The number of nitrogens with zero attached hydrogens (tertiary/aromatic N) is 1. The standard InChI is InChI=1S/C24H23N3OS/c1-2-29-15-14-25-24(28)19-12-10-18(11-13-19)22-16-23(27-26-22)21-9-5-7-17-6-3-4-8-20(17)21/h3-13,16H,2,14-15H2,1H3,(H,25,28)(H,26,27). The third-order valence-corrected chi connectivity index (χ3v) is 5.74. The molecule has 1 heterocycles. The molecule has 1 aromatic heterocycles. The minimum absolute atomic E-state index is 0.0354. The van der Waals surface area contributed by atoms with Crippen LogP contribution in [0.1, 0.15) is 17.3 Å². The van der Waals surface area contributed by atoms with Gasteiger partial charge in [-0.05, 0) is 34.7 Å². The maximum absolute atomic E-state index is 12.2. The van der Waals surface area contributed by atoms with Gasteiger partial charge in [-0.1, -0.05) is 61.5 Å². The normalized spacial score (nSPS) is 10.9. The van der Waals surface area contributed by atoms with Gasteiger partial charge in [0.25, 0.3) is 5.91 Å². The summed E-state index contributed by atoms with van der Waals surface area (Å²) in [5, 5.41) is 13.0. The lowest BCUT2D eigenvalue weighted by atomic mass is 10.0. The second-order valence-electron chi connectivity index (χ2n) is 6.72. The molecule has 4 aromatic rings. The van der Waals surface area contributed by atoms with Crippen LogP contribution < -0.4 is 5.32 Å². The quantitative estimate of drug-likeness (QED) is 0.409. The van der Waals surface area contributed by atoms with Crippen LogP contribution in [0, 0.1) is 0 Å². The highest BCUT2D eigenvalue weighted by atomic mass is 32.2. The number of aromatic amines is 1. The highest BCUT2D eigenvalue weighted by molar-refractivity contribution is 7.99. The van der Waals surface area contributed by atoms with E-state index >= 15 is 0 Å². The Hall–Kier alpha value is -3.05. The van der Waals surface area contributed by atoms with Crippen molar-refractivity contribution in [1.82, 2.24) is 15.5 Å². The first kappa shape index (κ1) is 19.3. The Balaban J connectivity index is 1.52. The number of thioether (sulfide) groups is 1. The fourth-order valence-corrected chi connectivity index (χ4v) is 3.88. The maximum atomic E-state index is 12.2. The van der Waals surface area contributed by atoms with Gasteiger partial charge in [-0.15, -0.1) is 0 Å². The van der Waals surface area contributed by atoms with Crippen LogP contribution in [0.4, 0.5) is 0 Å². The van der Waals surface area contributed by atoms with E-state index in [2.05, 4.69) is 58.8 Å². The van der Waals surface area contributed by atoms with Gasteiger partial charge < -0.3 is 5.32 Å². The minimum atomic E-state index is -0.0354. The van der Waals surface area contributed by atoms with E-state index in [1.54, 1.807) is 0 Å². The first-order valence-corrected chi connectivity index (χ1v) is 10.9. The molecule has 0 saturated carbocycles. The molecular weight excluding hydrogens is 378 g/mol. The van der Waals surface area contributed by atoms with E-state index in [1.807, 2.05) is 48.2 Å². The number of carbonyl (C=O) groups is 1. The molecule has 0 bridgehead atoms. The number of benzene rings is 3. The summed E-state index contributed by atoms with van der Waals surface area (Å²) in [4.78, 5) is 12.2. The average Bonchev–Trinajstić information content (AvgIpc) is 3.26. The van der Waals surface area contributed by atoms with Crippen molar-refractivity contribution in [2.24, 2.45) is 0 Å². The second kappa shape index (κ2) is 8.97. The van der Waals surface area contributed by atoms with Gasteiger partial charge in [-0.3, -0.25) is 9.89 Å². The van der Waals surface area contributed by atoms with Crippen LogP contribution in [0.5, 0.6) is 0 Å². The van der Waals surface area contributed by atoms with Gasteiger partial charge in [0.2, 0.25) is 0 Å². The third kappa shape index (κ3) is 4.35. The van der Waals surface area contributed by atoms with Crippen molar-refractivity contribution in [3.8, 4) is 22.5 Å². The Morgan fingerprint density at radius 2 is 1.83 bits per heavy atom. The number of H-pyrrole nitrogens is 1. The van der Waals surface area contributed by atoms with Crippen molar-refractivity contribution in [2.45, 2.75) is 6.92 Å². The molecule has 0 fully saturated rings. The van der Waals surface area contributed by atoms with E-state index < -0.39 is 0 Å². The lowest BCUT2D eigenvalue weighted by molar-refractivity contribution is 0.0956. The summed E-state index contributed by atoms with van der Waals surface area (Å²) in [6.45, 7) is 2.80. The monoisotopic (exact) mass is 401 g/mol. The number of carbonyl (C=O) groups excluding carboxylic acids is 1. The summed E-state index contributed by atoms with van der Waals surface area (Å²) in [5.74, 6) is 1.96. The summed E-state index contributed by atoms with van der Waals surface area (Å²) >= 11 is 1.82. The van der Waals surface area contributed by atoms with Crippen molar-refractivity contribution in [1.29, 1.82) is 0 Å².